The summed E-state index contributed by atoms with van der Waals surface area (Å²) < 4.78 is 33.9. The highest BCUT2D eigenvalue weighted by atomic mass is 31.2. The maximum absolute atomic E-state index is 12.7. The molecule has 0 heterocycles. The number of esters is 2. The van der Waals surface area contributed by atoms with Crippen molar-refractivity contribution in [3.05, 3.63) is 48.6 Å². The number of Topliss-reactive ketones (excluding diaryl/α,β-unsaturated/α-hetero) is 1. The molecule has 12 nitrogen and oxygen atoms in total. The zero-order valence-corrected chi connectivity index (χ0v) is 39.5. The summed E-state index contributed by atoms with van der Waals surface area (Å²) in [6.45, 7) is 3.79. The minimum Gasteiger partial charge on any atom is -0.756 e. The summed E-state index contributed by atoms with van der Waals surface area (Å²) in [6.07, 6.45) is 33.2. The first kappa shape index (κ1) is 56.6. The predicted molar refractivity (Wildman–Crippen MR) is 241 cm³/mol. The van der Waals surface area contributed by atoms with E-state index in [1.54, 1.807) is 6.08 Å². The van der Waals surface area contributed by atoms with E-state index in [2.05, 4.69) is 50.3 Å². The number of quaternary nitrogens is 1. The fourth-order valence-corrected chi connectivity index (χ4v) is 7.70. The van der Waals surface area contributed by atoms with E-state index in [-0.39, 0.29) is 50.1 Å². The van der Waals surface area contributed by atoms with Gasteiger partial charge in [-0.25, -0.2) is 0 Å². The number of hydrogen-bond donors (Lipinski definition) is 2. The Morgan fingerprint density at radius 2 is 1.36 bits per heavy atom. The van der Waals surface area contributed by atoms with Crippen LogP contribution >= 0.6 is 7.82 Å². The monoisotopic (exact) mass is 882 g/mol. The summed E-state index contributed by atoms with van der Waals surface area (Å²) in [5.74, 6) is -1.56. The largest absolute Gasteiger partial charge is 0.756 e. The van der Waals surface area contributed by atoms with Gasteiger partial charge in [-0.2, -0.15) is 0 Å². The second-order valence-electron chi connectivity index (χ2n) is 17.5. The molecule has 1 rings (SSSR count). The molecule has 0 aromatic carbocycles. The van der Waals surface area contributed by atoms with Gasteiger partial charge in [0.2, 0.25) is 0 Å². The lowest BCUT2D eigenvalue weighted by Gasteiger charge is -2.28. The van der Waals surface area contributed by atoms with Crippen LogP contribution in [-0.4, -0.2) is 98.2 Å². The second kappa shape index (κ2) is 35.0. The SMILES string of the molecule is CCCCC/C=C\C/C=C\C/C=C\CCCCCCC(=O)O[C@H](COC(=O)CCCCCC[C@H]1C(=O)C[C@@H](O)[C@@H]1/C=C/[C@@H](O)CCCCC)COP(=O)([O-])OCC[N+](C)(C)C. The Kier molecular flexibility index (Phi) is 32.4. The maximum atomic E-state index is 12.7. The summed E-state index contributed by atoms with van der Waals surface area (Å²) in [4.78, 5) is 50.4. The van der Waals surface area contributed by atoms with Gasteiger partial charge in [-0.1, -0.05) is 127 Å². The second-order valence-corrected chi connectivity index (χ2v) is 19.0. The molecule has 0 amide bonds. The predicted octanol–water partition coefficient (Wildman–Crippen LogP) is 9.42. The first-order valence-electron chi connectivity index (χ1n) is 23.4. The molecule has 0 bridgehead atoms. The van der Waals surface area contributed by atoms with Crippen molar-refractivity contribution in [3.63, 3.8) is 0 Å². The number of unbranched alkanes of at least 4 members (excludes halogenated alkanes) is 12. The third-order valence-corrected chi connectivity index (χ3v) is 11.7. The van der Waals surface area contributed by atoms with E-state index in [1.807, 2.05) is 27.2 Å². The molecule has 0 aromatic heterocycles. The van der Waals surface area contributed by atoms with Crippen molar-refractivity contribution in [1.29, 1.82) is 0 Å². The quantitative estimate of drug-likeness (QED) is 0.0199. The Morgan fingerprint density at radius 3 is 2.00 bits per heavy atom. The van der Waals surface area contributed by atoms with Gasteiger partial charge in [-0.3, -0.25) is 18.9 Å². The number of ketones is 1. The van der Waals surface area contributed by atoms with E-state index in [4.69, 9.17) is 18.5 Å². The molecule has 13 heteroatoms. The van der Waals surface area contributed by atoms with Gasteiger partial charge >= 0.3 is 11.9 Å². The number of aliphatic hydroxyl groups is 2. The van der Waals surface area contributed by atoms with Crippen molar-refractivity contribution in [2.75, 3.05) is 47.5 Å². The molecule has 0 aliphatic heterocycles. The number of ether oxygens (including phenoxy) is 2. The van der Waals surface area contributed by atoms with Gasteiger partial charge in [0, 0.05) is 31.1 Å². The van der Waals surface area contributed by atoms with Crippen LogP contribution in [-0.2, 0) is 37.5 Å². The normalized spacial score (nSPS) is 19.4. The molecule has 1 aliphatic carbocycles. The van der Waals surface area contributed by atoms with Gasteiger partial charge < -0.3 is 38.1 Å². The van der Waals surface area contributed by atoms with Crippen LogP contribution in [0.2, 0.25) is 0 Å². The zero-order valence-electron chi connectivity index (χ0n) is 38.6. The van der Waals surface area contributed by atoms with E-state index in [1.165, 1.54) is 19.3 Å². The molecule has 1 saturated carbocycles. The Morgan fingerprint density at radius 1 is 0.787 bits per heavy atom. The van der Waals surface area contributed by atoms with Crippen LogP contribution < -0.4 is 4.89 Å². The highest BCUT2D eigenvalue weighted by molar-refractivity contribution is 7.45. The number of aliphatic hydroxyl groups excluding tert-OH is 2. The lowest BCUT2D eigenvalue weighted by Crippen LogP contribution is -2.37. The van der Waals surface area contributed by atoms with Crippen LogP contribution in [0.15, 0.2) is 48.6 Å². The summed E-state index contributed by atoms with van der Waals surface area (Å²) in [7, 11) is 1.01. The molecular formula is C48H84NO11P. The van der Waals surface area contributed by atoms with Crippen molar-refractivity contribution in [3.8, 4) is 0 Å². The third kappa shape index (κ3) is 32.0. The van der Waals surface area contributed by atoms with Crippen molar-refractivity contribution >= 4 is 25.5 Å². The van der Waals surface area contributed by atoms with Crippen LogP contribution in [0.3, 0.4) is 0 Å². The highest BCUT2D eigenvalue weighted by Gasteiger charge is 2.39. The smallest absolute Gasteiger partial charge is 0.306 e. The number of allylic oxidation sites excluding steroid dienone is 6. The van der Waals surface area contributed by atoms with Gasteiger partial charge in [0.1, 0.15) is 25.5 Å². The molecule has 0 saturated heterocycles. The lowest BCUT2D eigenvalue weighted by atomic mass is 9.88. The van der Waals surface area contributed by atoms with Crippen LogP contribution in [0.5, 0.6) is 0 Å². The molecule has 352 valence electrons. The number of phosphoric ester groups is 1. The van der Waals surface area contributed by atoms with E-state index >= 15 is 0 Å². The summed E-state index contributed by atoms with van der Waals surface area (Å²) in [6, 6.07) is 0. The Hall–Kier alpha value is -2.44. The van der Waals surface area contributed by atoms with Crippen LogP contribution in [0.1, 0.15) is 162 Å². The highest BCUT2D eigenvalue weighted by Crippen LogP contribution is 2.38. The van der Waals surface area contributed by atoms with Gasteiger partial charge in [0.05, 0.1) is 40.0 Å². The minimum atomic E-state index is -4.69. The Balaban J connectivity index is 2.47. The topological polar surface area (TPSA) is 169 Å². The first-order valence-corrected chi connectivity index (χ1v) is 24.9. The van der Waals surface area contributed by atoms with Crippen LogP contribution in [0.25, 0.3) is 0 Å². The average molecular weight is 882 g/mol. The molecule has 2 N–H and O–H groups in total. The van der Waals surface area contributed by atoms with Crippen molar-refractivity contribution in [2.45, 2.75) is 180 Å². The summed E-state index contributed by atoms with van der Waals surface area (Å²) in [5.41, 5.74) is 0. The van der Waals surface area contributed by atoms with Crippen molar-refractivity contribution < 1.29 is 57.1 Å². The standard InChI is InChI=1S/C48H84NO11P/c1-6-8-10-11-12-13-14-15-16-17-18-19-20-21-22-23-29-33-48(54)60-42(40-59-61(55,56)58-37-36-49(3,4)5)39-57-47(53)32-28-25-24-27-31-43-44(46(52)38-45(43)51)35-34-41(50)30-26-9-7-2/h12-13,15-16,18-19,34-35,41-44,46,50,52H,6-11,14,17,20-33,36-40H2,1-5H3/b13-12-,16-15-,19-18-,35-34+/t41-,42+,43+,44+,46+/m0/s1. The van der Waals surface area contributed by atoms with Crippen molar-refractivity contribution in [1.82, 2.24) is 0 Å². The zero-order chi connectivity index (χ0) is 45.2. The fraction of sp³-hybridized carbons (Fsp3) is 0.771. The van der Waals surface area contributed by atoms with Gasteiger partial charge in [0.15, 0.2) is 6.10 Å². The van der Waals surface area contributed by atoms with E-state index < -0.39 is 44.7 Å². The Labute approximate surface area is 369 Å². The molecule has 6 atom stereocenters. The average Bonchev–Trinajstić information content (AvgIpc) is 3.47. The van der Waals surface area contributed by atoms with Crippen molar-refractivity contribution in [2.24, 2.45) is 11.8 Å². The first-order chi connectivity index (χ1) is 29.2. The number of nitrogens with zero attached hydrogens (tertiary/aromatic N) is 1. The minimum absolute atomic E-state index is 0.0455. The molecule has 1 unspecified atom stereocenters. The van der Waals surface area contributed by atoms with Gasteiger partial charge in [-0.15, -0.1) is 0 Å². The molecule has 0 radical (unpaired) electrons. The van der Waals surface area contributed by atoms with E-state index in [9.17, 15) is 34.1 Å². The molecule has 0 spiro atoms. The number of rotatable bonds is 38. The molecular weight excluding hydrogens is 797 g/mol. The third-order valence-electron chi connectivity index (χ3n) is 10.7. The van der Waals surface area contributed by atoms with Crippen LogP contribution in [0.4, 0.5) is 0 Å². The molecule has 1 aliphatic rings. The van der Waals surface area contributed by atoms with Gasteiger partial charge in [-0.05, 0) is 64.2 Å². The fourth-order valence-electron chi connectivity index (χ4n) is 6.97. The number of carbonyl (C=O) groups is 3. The number of carbonyl (C=O) groups excluding carboxylic acids is 3. The lowest BCUT2D eigenvalue weighted by molar-refractivity contribution is -0.870. The molecule has 61 heavy (non-hydrogen) atoms. The number of hydrogen-bond acceptors (Lipinski definition) is 11. The number of likely N-dealkylation sites (N-methyl/N-ethyl adjacent to an activating group) is 1. The number of phosphoric acid groups is 1. The molecule has 0 aromatic rings. The van der Waals surface area contributed by atoms with E-state index in [0.717, 1.165) is 83.5 Å². The molecule has 1 fully saturated rings. The maximum Gasteiger partial charge on any atom is 0.306 e. The summed E-state index contributed by atoms with van der Waals surface area (Å²) >= 11 is 0. The van der Waals surface area contributed by atoms with Crippen LogP contribution in [0, 0.1) is 11.8 Å². The van der Waals surface area contributed by atoms with Gasteiger partial charge in [0.25, 0.3) is 7.82 Å². The summed E-state index contributed by atoms with van der Waals surface area (Å²) in [5, 5.41) is 20.7. The van der Waals surface area contributed by atoms with E-state index in [0.29, 0.717) is 36.7 Å². The Bertz CT molecular complexity index is 1340.